The van der Waals surface area contributed by atoms with Crippen LogP contribution in [0.2, 0.25) is 0 Å². The Morgan fingerprint density at radius 2 is 1.92 bits per heavy atom. The lowest BCUT2D eigenvalue weighted by atomic mass is 9.72. The molecule has 0 aromatic carbocycles. The topological polar surface area (TPSA) is 26.0 Å². The summed E-state index contributed by atoms with van der Waals surface area (Å²) in [4.78, 5) is 0. The minimum atomic E-state index is -2.37. The third-order valence-corrected chi connectivity index (χ3v) is 3.17. The Morgan fingerprint density at radius 3 is 2.33 bits per heavy atom. The highest BCUT2D eigenvalue weighted by Crippen LogP contribution is 2.37. The maximum absolute atomic E-state index is 12.5. The summed E-state index contributed by atoms with van der Waals surface area (Å²) in [6.07, 6.45) is -0.600. The zero-order chi connectivity index (χ0) is 9.35. The molecule has 12 heavy (non-hydrogen) atoms. The molecule has 0 radical (unpaired) electrons. The van der Waals surface area contributed by atoms with E-state index in [1.165, 1.54) is 0 Å². The van der Waals surface area contributed by atoms with E-state index in [9.17, 15) is 8.78 Å². The quantitative estimate of drug-likeness (QED) is 0.654. The van der Waals surface area contributed by atoms with Gasteiger partial charge in [-0.3, -0.25) is 0 Å². The Morgan fingerprint density at radius 1 is 1.33 bits per heavy atom. The average Bonchev–Trinajstić information content (AvgIpc) is 1.97. The van der Waals surface area contributed by atoms with Gasteiger partial charge < -0.3 is 5.73 Å². The molecular weight excluding hydrogens is 160 g/mol. The predicted molar refractivity (Wildman–Crippen MR) is 45.1 cm³/mol. The van der Waals surface area contributed by atoms with Gasteiger partial charge in [-0.15, -0.1) is 0 Å². The van der Waals surface area contributed by atoms with Crippen LogP contribution in [0.1, 0.15) is 33.1 Å². The van der Waals surface area contributed by atoms with Crippen molar-refractivity contribution in [1.82, 2.24) is 0 Å². The lowest BCUT2D eigenvalue weighted by Crippen LogP contribution is -2.51. The summed E-state index contributed by atoms with van der Waals surface area (Å²) in [5, 5.41) is 0. The molecule has 1 aliphatic carbocycles. The number of nitrogens with two attached hydrogens (primary N) is 1. The van der Waals surface area contributed by atoms with Crippen LogP contribution in [0.4, 0.5) is 8.78 Å². The zero-order valence-corrected chi connectivity index (χ0v) is 7.69. The molecule has 72 valence electrons. The summed E-state index contributed by atoms with van der Waals surface area (Å²) in [6, 6.07) is 0. The Labute approximate surface area is 72.3 Å². The van der Waals surface area contributed by atoms with E-state index in [2.05, 4.69) is 6.92 Å². The minimum Gasteiger partial charge on any atom is -0.320 e. The largest absolute Gasteiger partial charge is 0.320 e. The van der Waals surface area contributed by atoms with Crippen LogP contribution in [-0.4, -0.2) is 12.0 Å². The van der Waals surface area contributed by atoms with Gasteiger partial charge in [0.25, 0.3) is 6.43 Å². The first kappa shape index (κ1) is 9.90. The fraction of sp³-hybridized carbons (Fsp3) is 1.00. The van der Waals surface area contributed by atoms with Crippen molar-refractivity contribution in [2.45, 2.75) is 45.1 Å². The standard InChI is InChI=1S/C9H17F2N/c1-6-3-4-9(12,8(10)11)5-7(6)2/h6-8H,3-5,12H2,1-2H3. The van der Waals surface area contributed by atoms with Crippen molar-refractivity contribution >= 4 is 0 Å². The van der Waals surface area contributed by atoms with Gasteiger partial charge in [0.2, 0.25) is 0 Å². The fourth-order valence-corrected chi connectivity index (χ4v) is 1.88. The lowest BCUT2D eigenvalue weighted by Gasteiger charge is -2.39. The summed E-state index contributed by atoms with van der Waals surface area (Å²) < 4.78 is 25.0. The third kappa shape index (κ3) is 1.76. The molecule has 2 N–H and O–H groups in total. The molecule has 0 spiro atoms. The van der Waals surface area contributed by atoms with Gasteiger partial charge in [0.1, 0.15) is 0 Å². The van der Waals surface area contributed by atoms with Crippen LogP contribution in [0, 0.1) is 11.8 Å². The first-order chi connectivity index (χ1) is 5.46. The Kier molecular flexibility index (Phi) is 2.71. The van der Waals surface area contributed by atoms with Crippen molar-refractivity contribution < 1.29 is 8.78 Å². The van der Waals surface area contributed by atoms with Gasteiger partial charge in [-0.1, -0.05) is 13.8 Å². The van der Waals surface area contributed by atoms with Crippen molar-refractivity contribution in [1.29, 1.82) is 0 Å². The Hall–Kier alpha value is -0.180. The first-order valence-corrected chi connectivity index (χ1v) is 4.53. The van der Waals surface area contributed by atoms with Gasteiger partial charge >= 0.3 is 0 Å². The number of halogens is 2. The summed E-state index contributed by atoms with van der Waals surface area (Å²) in [6.45, 7) is 4.11. The molecule has 0 heterocycles. The summed E-state index contributed by atoms with van der Waals surface area (Å²) >= 11 is 0. The highest BCUT2D eigenvalue weighted by molar-refractivity contribution is 4.93. The zero-order valence-electron chi connectivity index (χ0n) is 7.69. The molecule has 0 saturated heterocycles. The summed E-state index contributed by atoms with van der Waals surface area (Å²) in [5.74, 6) is 0.873. The number of hydrogen-bond acceptors (Lipinski definition) is 1. The van der Waals surface area contributed by atoms with Crippen molar-refractivity contribution in [2.24, 2.45) is 17.6 Å². The molecule has 1 fully saturated rings. The maximum Gasteiger partial charge on any atom is 0.256 e. The SMILES string of the molecule is CC1CCC(N)(C(F)F)CC1C. The van der Waals surface area contributed by atoms with Gasteiger partial charge in [-0.25, -0.2) is 8.78 Å². The van der Waals surface area contributed by atoms with Crippen molar-refractivity contribution in [3.05, 3.63) is 0 Å². The Balaban J connectivity index is 2.60. The van der Waals surface area contributed by atoms with Crippen LogP contribution in [0.3, 0.4) is 0 Å². The fourth-order valence-electron chi connectivity index (χ4n) is 1.88. The normalized spacial score (nSPS) is 43.5. The number of alkyl halides is 2. The smallest absolute Gasteiger partial charge is 0.256 e. The molecule has 1 saturated carbocycles. The van der Waals surface area contributed by atoms with Gasteiger partial charge in [0.15, 0.2) is 0 Å². The van der Waals surface area contributed by atoms with E-state index in [4.69, 9.17) is 5.73 Å². The van der Waals surface area contributed by atoms with Crippen molar-refractivity contribution in [3.63, 3.8) is 0 Å². The van der Waals surface area contributed by atoms with Crippen LogP contribution < -0.4 is 5.73 Å². The lowest BCUT2D eigenvalue weighted by molar-refractivity contribution is 0.00757. The van der Waals surface area contributed by atoms with Gasteiger partial charge in [-0.2, -0.15) is 0 Å². The van der Waals surface area contributed by atoms with Gasteiger partial charge in [0, 0.05) is 0 Å². The predicted octanol–water partition coefficient (Wildman–Crippen LogP) is 2.41. The van der Waals surface area contributed by atoms with Gasteiger partial charge in [0.05, 0.1) is 5.54 Å². The van der Waals surface area contributed by atoms with E-state index < -0.39 is 12.0 Å². The van der Waals surface area contributed by atoms with Crippen LogP contribution in [-0.2, 0) is 0 Å². The van der Waals surface area contributed by atoms with Crippen LogP contribution >= 0.6 is 0 Å². The van der Waals surface area contributed by atoms with Gasteiger partial charge in [-0.05, 0) is 31.1 Å². The molecule has 1 rings (SSSR count). The molecule has 0 bridgehead atoms. The second kappa shape index (κ2) is 3.29. The van der Waals surface area contributed by atoms with Crippen LogP contribution in [0.25, 0.3) is 0 Å². The molecule has 1 nitrogen and oxygen atoms in total. The van der Waals surface area contributed by atoms with Crippen LogP contribution in [0.15, 0.2) is 0 Å². The van der Waals surface area contributed by atoms with E-state index in [1.54, 1.807) is 0 Å². The molecule has 0 amide bonds. The maximum atomic E-state index is 12.5. The molecule has 0 aromatic heterocycles. The van der Waals surface area contributed by atoms with E-state index >= 15 is 0 Å². The summed E-state index contributed by atoms with van der Waals surface area (Å²) in [5.41, 5.74) is 4.40. The first-order valence-electron chi connectivity index (χ1n) is 4.53. The third-order valence-electron chi connectivity index (χ3n) is 3.17. The van der Waals surface area contributed by atoms with Crippen molar-refractivity contribution in [3.8, 4) is 0 Å². The van der Waals surface area contributed by atoms with E-state index in [1.807, 2.05) is 6.92 Å². The molecule has 0 aromatic rings. The molecule has 1 aliphatic rings. The number of rotatable bonds is 1. The molecule has 3 atom stereocenters. The highest BCUT2D eigenvalue weighted by atomic mass is 19.3. The highest BCUT2D eigenvalue weighted by Gasteiger charge is 2.41. The average molecular weight is 177 g/mol. The second-order valence-electron chi connectivity index (χ2n) is 4.23. The summed E-state index contributed by atoms with van der Waals surface area (Å²) in [7, 11) is 0. The van der Waals surface area contributed by atoms with Crippen LogP contribution in [0.5, 0.6) is 0 Å². The van der Waals surface area contributed by atoms with E-state index in [-0.39, 0.29) is 0 Å². The van der Waals surface area contributed by atoms with E-state index in [0.717, 1.165) is 6.42 Å². The molecule has 3 unspecified atom stereocenters. The molecule has 3 heteroatoms. The van der Waals surface area contributed by atoms with E-state index in [0.29, 0.717) is 24.7 Å². The van der Waals surface area contributed by atoms with Crippen molar-refractivity contribution in [2.75, 3.05) is 0 Å². The second-order valence-corrected chi connectivity index (χ2v) is 4.23. The number of hydrogen-bond donors (Lipinski definition) is 1. The minimum absolute atomic E-state index is 0.331. The Bertz CT molecular complexity index is 161. The molecular formula is C9H17F2N. The monoisotopic (exact) mass is 177 g/mol. The molecule has 0 aliphatic heterocycles.